The van der Waals surface area contributed by atoms with Crippen LogP contribution in [0.5, 0.6) is 5.75 Å². The fourth-order valence-electron chi connectivity index (χ4n) is 1.31. The van der Waals surface area contributed by atoms with Gasteiger partial charge in [0.25, 0.3) is 0 Å². The predicted molar refractivity (Wildman–Crippen MR) is 62.8 cm³/mol. The van der Waals surface area contributed by atoms with Gasteiger partial charge >= 0.3 is 5.97 Å². The first-order valence-electron chi connectivity index (χ1n) is 4.86. The average Bonchev–Trinajstić information content (AvgIpc) is 2.25. The van der Waals surface area contributed by atoms with Gasteiger partial charge in [-0.3, -0.25) is 4.79 Å². The Morgan fingerprint density at radius 2 is 2.19 bits per heavy atom. The summed E-state index contributed by atoms with van der Waals surface area (Å²) in [6, 6.07) is 3.31. The summed E-state index contributed by atoms with van der Waals surface area (Å²) in [5.74, 6) is 0.138. The minimum atomic E-state index is -0.357. The number of benzene rings is 1. The van der Waals surface area contributed by atoms with E-state index in [0.29, 0.717) is 28.6 Å². The van der Waals surface area contributed by atoms with Gasteiger partial charge in [0.15, 0.2) is 0 Å². The summed E-state index contributed by atoms with van der Waals surface area (Å²) in [7, 11) is 1.51. The van der Waals surface area contributed by atoms with Crippen LogP contribution in [-0.4, -0.2) is 19.7 Å². The van der Waals surface area contributed by atoms with Gasteiger partial charge in [-0.05, 0) is 19.1 Å². The summed E-state index contributed by atoms with van der Waals surface area (Å²) in [6.07, 6.45) is 0.0513. The number of nitrogen functional groups attached to an aromatic ring is 1. The van der Waals surface area contributed by atoms with E-state index in [1.807, 2.05) is 0 Å². The molecule has 1 aromatic carbocycles. The van der Waals surface area contributed by atoms with E-state index in [0.717, 1.165) is 0 Å². The fraction of sp³-hybridized carbons (Fsp3) is 0.364. The molecule has 0 saturated heterocycles. The van der Waals surface area contributed by atoms with Gasteiger partial charge in [-0.1, -0.05) is 11.6 Å². The molecule has 0 aliphatic carbocycles. The lowest BCUT2D eigenvalue weighted by atomic mass is 10.1. The fourth-order valence-corrected chi connectivity index (χ4v) is 1.62. The first-order chi connectivity index (χ1) is 7.60. The second-order valence-corrected chi connectivity index (χ2v) is 3.51. The van der Waals surface area contributed by atoms with Crippen LogP contribution in [0.4, 0.5) is 5.69 Å². The van der Waals surface area contributed by atoms with Crippen LogP contribution >= 0.6 is 11.6 Å². The molecule has 0 spiro atoms. The Labute approximate surface area is 99.3 Å². The Hall–Kier alpha value is -1.42. The van der Waals surface area contributed by atoms with Crippen LogP contribution in [0.1, 0.15) is 12.5 Å². The van der Waals surface area contributed by atoms with Crippen molar-refractivity contribution in [1.29, 1.82) is 0 Å². The number of rotatable bonds is 4. The number of carbonyl (C=O) groups excluding carboxylic acids is 1. The lowest BCUT2D eigenvalue weighted by Crippen LogP contribution is -2.10. The van der Waals surface area contributed by atoms with E-state index in [2.05, 4.69) is 0 Å². The zero-order valence-electron chi connectivity index (χ0n) is 9.25. The number of esters is 1. The molecule has 0 aliphatic rings. The minimum absolute atomic E-state index is 0.0513. The Morgan fingerprint density at radius 3 is 2.75 bits per heavy atom. The molecule has 5 heteroatoms. The first kappa shape index (κ1) is 12.6. The number of halogens is 1. The van der Waals surface area contributed by atoms with E-state index < -0.39 is 0 Å². The molecule has 0 amide bonds. The molecule has 16 heavy (non-hydrogen) atoms. The highest BCUT2D eigenvalue weighted by Gasteiger charge is 2.14. The molecular formula is C11H14ClNO3. The smallest absolute Gasteiger partial charge is 0.310 e. The number of hydrogen-bond donors (Lipinski definition) is 1. The van der Waals surface area contributed by atoms with Gasteiger partial charge < -0.3 is 15.2 Å². The van der Waals surface area contributed by atoms with Gasteiger partial charge in [0.05, 0.1) is 25.2 Å². The van der Waals surface area contributed by atoms with Crippen molar-refractivity contribution in [3.05, 3.63) is 22.7 Å². The molecular weight excluding hydrogens is 230 g/mol. The van der Waals surface area contributed by atoms with Crippen molar-refractivity contribution in [3.8, 4) is 5.75 Å². The predicted octanol–water partition coefficient (Wildman–Crippen LogP) is 2.04. The molecule has 4 nitrogen and oxygen atoms in total. The second-order valence-electron chi connectivity index (χ2n) is 3.13. The molecule has 0 saturated carbocycles. The van der Waals surface area contributed by atoms with Gasteiger partial charge in [-0.15, -0.1) is 0 Å². The Morgan fingerprint density at radius 1 is 1.50 bits per heavy atom. The Bertz CT molecular complexity index is 393. The van der Waals surface area contributed by atoms with Crippen LogP contribution in [0.3, 0.4) is 0 Å². The van der Waals surface area contributed by atoms with E-state index in [4.69, 9.17) is 26.8 Å². The Kier molecular flexibility index (Phi) is 4.43. The Balaban J connectivity index is 2.98. The maximum absolute atomic E-state index is 11.3. The summed E-state index contributed by atoms with van der Waals surface area (Å²) >= 11 is 6.05. The first-order valence-corrected chi connectivity index (χ1v) is 5.24. The average molecular weight is 244 g/mol. The standard InChI is InChI=1S/C11H14ClNO3/c1-3-16-10(14)6-7-8(13)4-5-9(15-2)11(7)12/h4-5H,3,6,13H2,1-2H3. The number of ether oxygens (including phenoxy) is 2. The maximum atomic E-state index is 11.3. The topological polar surface area (TPSA) is 61.5 Å². The summed E-state index contributed by atoms with van der Waals surface area (Å²) in [4.78, 5) is 11.3. The van der Waals surface area contributed by atoms with E-state index in [9.17, 15) is 4.79 Å². The molecule has 1 rings (SSSR count). The molecule has 0 fully saturated rings. The molecule has 0 aromatic heterocycles. The van der Waals surface area contributed by atoms with E-state index >= 15 is 0 Å². The number of methoxy groups -OCH3 is 1. The van der Waals surface area contributed by atoms with Crippen LogP contribution in [0.15, 0.2) is 12.1 Å². The lowest BCUT2D eigenvalue weighted by molar-refractivity contribution is -0.142. The van der Waals surface area contributed by atoms with E-state index in [-0.39, 0.29) is 12.4 Å². The molecule has 1 aromatic rings. The highest BCUT2D eigenvalue weighted by atomic mass is 35.5. The zero-order valence-corrected chi connectivity index (χ0v) is 10.0. The number of anilines is 1. The van der Waals surface area contributed by atoms with Crippen LogP contribution in [0.2, 0.25) is 5.02 Å². The third-order valence-electron chi connectivity index (χ3n) is 2.09. The minimum Gasteiger partial charge on any atom is -0.495 e. The largest absolute Gasteiger partial charge is 0.495 e. The molecule has 0 radical (unpaired) electrons. The highest BCUT2D eigenvalue weighted by molar-refractivity contribution is 6.33. The van der Waals surface area contributed by atoms with Crippen LogP contribution in [-0.2, 0) is 16.0 Å². The van der Waals surface area contributed by atoms with Crippen LogP contribution < -0.4 is 10.5 Å². The van der Waals surface area contributed by atoms with Crippen molar-refractivity contribution in [1.82, 2.24) is 0 Å². The molecule has 0 unspecified atom stereocenters. The second kappa shape index (κ2) is 5.61. The number of carbonyl (C=O) groups is 1. The highest BCUT2D eigenvalue weighted by Crippen LogP contribution is 2.32. The van der Waals surface area contributed by atoms with Gasteiger partial charge in [0.2, 0.25) is 0 Å². The lowest BCUT2D eigenvalue weighted by Gasteiger charge is -2.11. The molecule has 0 bridgehead atoms. The molecule has 2 N–H and O–H groups in total. The van der Waals surface area contributed by atoms with E-state index in [1.54, 1.807) is 19.1 Å². The van der Waals surface area contributed by atoms with Crippen molar-refractivity contribution in [3.63, 3.8) is 0 Å². The van der Waals surface area contributed by atoms with Crippen molar-refractivity contribution in [2.24, 2.45) is 0 Å². The molecule has 0 aliphatic heterocycles. The summed E-state index contributed by atoms with van der Waals surface area (Å²) in [5.41, 5.74) is 6.74. The maximum Gasteiger partial charge on any atom is 0.310 e. The van der Waals surface area contributed by atoms with Crippen molar-refractivity contribution < 1.29 is 14.3 Å². The summed E-state index contributed by atoms with van der Waals surface area (Å²) in [6.45, 7) is 2.08. The summed E-state index contributed by atoms with van der Waals surface area (Å²) < 4.78 is 9.88. The van der Waals surface area contributed by atoms with Gasteiger partial charge in [-0.2, -0.15) is 0 Å². The van der Waals surface area contributed by atoms with Gasteiger partial charge in [-0.25, -0.2) is 0 Å². The monoisotopic (exact) mass is 243 g/mol. The van der Waals surface area contributed by atoms with Crippen molar-refractivity contribution in [2.75, 3.05) is 19.5 Å². The van der Waals surface area contributed by atoms with Crippen LogP contribution in [0, 0.1) is 0 Å². The third-order valence-corrected chi connectivity index (χ3v) is 2.50. The molecule has 0 atom stereocenters. The third kappa shape index (κ3) is 2.79. The normalized spacial score (nSPS) is 9.94. The number of nitrogens with two attached hydrogens (primary N) is 1. The van der Waals surface area contributed by atoms with Crippen molar-refractivity contribution in [2.45, 2.75) is 13.3 Å². The van der Waals surface area contributed by atoms with Crippen molar-refractivity contribution >= 4 is 23.3 Å². The van der Waals surface area contributed by atoms with Gasteiger partial charge in [0, 0.05) is 11.3 Å². The molecule has 0 heterocycles. The SMILES string of the molecule is CCOC(=O)Cc1c(N)ccc(OC)c1Cl. The summed E-state index contributed by atoms with van der Waals surface area (Å²) in [5, 5.41) is 0.357. The van der Waals surface area contributed by atoms with Gasteiger partial charge in [0.1, 0.15) is 5.75 Å². The van der Waals surface area contributed by atoms with E-state index in [1.165, 1.54) is 7.11 Å². The number of hydrogen-bond acceptors (Lipinski definition) is 4. The quantitative estimate of drug-likeness (QED) is 0.649. The zero-order chi connectivity index (χ0) is 12.1. The van der Waals surface area contributed by atoms with Crippen LogP contribution in [0.25, 0.3) is 0 Å². The molecule has 88 valence electrons.